The van der Waals surface area contributed by atoms with Gasteiger partial charge in [-0.2, -0.15) is 0 Å². The van der Waals surface area contributed by atoms with Gasteiger partial charge in [-0.3, -0.25) is 0 Å². The Kier molecular flexibility index (Phi) is 2.80. The lowest BCUT2D eigenvalue weighted by Crippen LogP contribution is -2.34. The van der Waals surface area contributed by atoms with E-state index in [2.05, 4.69) is 15.9 Å². The Morgan fingerprint density at radius 2 is 2.15 bits per heavy atom. The van der Waals surface area contributed by atoms with Crippen LogP contribution in [0.1, 0.15) is 12.8 Å². The van der Waals surface area contributed by atoms with Gasteiger partial charge >= 0.3 is 0 Å². The highest BCUT2D eigenvalue weighted by atomic mass is 79.9. The van der Waals surface area contributed by atoms with Crippen LogP contribution in [0.4, 0.5) is 0 Å². The van der Waals surface area contributed by atoms with Crippen LogP contribution >= 0.6 is 27.5 Å². The van der Waals surface area contributed by atoms with Gasteiger partial charge in [0.15, 0.2) is 0 Å². The van der Waals surface area contributed by atoms with E-state index in [0.29, 0.717) is 11.5 Å². The first-order chi connectivity index (χ1) is 6.24. The first-order valence-electron chi connectivity index (χ1n) is 4.30. The summed E-state index contributed by atoms with van der Waals surface area (Å²) in [6.07, 6.45) is 2.25. The number of hydrogen-bond acceptors (Lipinski definition) is 1. The lowest BCUT2D eigenvalue weighted by molar-refractivity contribution is 0.124. The van der Waals surface area contributed by atoms with Crippen molar-refractivity contribution in [2.24, 2.45) is 0 Å². The zero-order valence-electron chi connectivity index (χ0n) is 7.04. The molecule has 1 aliphatic rings. The molecule has 0 radical (unpaired) electrons. The Bertz CT molecular complexity index is 297. The molecule has 1 fully saturated rings. The smallest absolute Gasteiger partial charge is 0.120 e. The predicted molar refractivity (Wildman–Crippen MR) is 57.4 cm³/mol. The minimum absolute atomic E-state index is 0.316. The van der Waals surface area contributed by atoms with Gasteiger partial charge in [0.2, 0.25) is 0 Å². The van der Waals surface area contributed by atoms with E-state index in [0.717, 1.165) is 23.1 Å². The topological polar surface area (TPSA) is 9.23 Å². The third-order valence-corrected chi connectivity index (χ3v) is 2.99. The van der Waals surface area contributed by atoms with Crippen molar-refractivity contribution in [3.8, 4) is 5.75 Å². The molecule has 0 amide bonds. The van der Waals surface area contributed by atoms with Crippen LogP contribution in [0.15, 0.2) is 28.7 Å². The molecule has 0 heterocycles. The standard InChI is InChI=1S/C10H10BrClO/c11-7-2-1-3-9(4-7)13-10-5-8(12)6-10/h1-4,8,10H,5-6H2. The van der Waals surface area contributed by atoms with Crippen molar-refractivity contribution in [1.82, 2.24) is 0 Å². The molecule has 0 spiro atoms. The molecule has 1 aromatic rings. The molecule has 0 bridgehead atoms. The molecular weight excluding hydrogens is 251 g/mol. The lowest BCUT2D eigenvalue weighted by atomic mass is 9.95. The molecule has 13 heavy (non-hydrogen) atoms. The highest BCUT2D eigenvalue weighted by molar-refractivity contribution is 9.10. The Morgan fingerprint density at radius 3 is 2.77 bits per heavy atom. The monoisotopic (exact) mass is 260 g/mol. The number of alkyl halides is 1. The van der Waals surface area contributed by atoms with Crippen molar-refractivity contribution in [2.75, 3.05) is 0 Å². The summed E-state index contributed by atoms with van der Waals surface area (Å²) in [6, 6.07) is 7.89. The van der Waals surface area contributed by atoms with Crippen LogP contribution in [0.5, 0.6) is 5.75 Å². The van der Waals surface area contributed by atoms with Crippen LogP contribution in [-0.2, 0) is 0 Å². The second kappa shape index (κ2) is 3.89. The fraction of sp³-hybridized carbons (Fsp3) is 0.400. The first-order valence-corrected chi connectivity index (χ1v) is 5.53. The summed E-state index contributed by atoms with van der Waals surface area (Å²) < 4.78 is 6.73. The van der Waals surface area contributed by atoms with Gasteiger partial charge in [0.05, 0.1) is 0 Å². The van der Waals surface area contributed by atoms with Crippen LogP contribution in [0, 0.1) is 0 Å². The van der Waals surface area contributed by atoms with Gasteiger partial charge in [0.1, 0.15) is 11.9 Å². The molecule has 70 valence electrons. The molecule has 1 saturated carbocycles. The third kappa shape index (κ3) is 2.38. The van der Waals surface area contributed by atoms with E-state index in [1.165, 1.54) is 0 Å². The maximum Gasteiger partial charge on any atom is 0.120 e. The summed E-state index contributed by atoms with van der Waals surface area (Å²) in [4.78, 5) is 0. The zero-order valence-corrected chi connectivity index (χ0v) is 9.38. The van der Waals surface area contributed by atoms with E-state index >= 15 is 0 Å². The van der Waals surface area contributed by atoms with E-state index in [1.807, 2.05) is 24.3 Å². The van der Waals surface area contributed by atoms with Crippen LogP contribution in [0.3, 0.4) is 0 Å². The largest absolute Gasteiger partial charge is 0.490 e. The number of ether oxygens (including phenoxy) is 1. The normalized spacial score (nSPS) is 26.6. The number of rotatable bonds is 2. The Balaban J connectivity index is 1.94. The fourth-order valence-corrected chi connectivity index (χ4v) is 2.11. The molecule has 3 heteroatoms. The van der Waals surface area contributed by atoms with Gasteiger partial charge in [-0.05, 0) is 18.2 Å². The average molecular weight is 262 g/mol. The highest BCUT2D eigenvalue weighted by Gasteiger charge is 2.28. The molecule has 0 unspecified atom stereocenters. The van der Waals surface area contributed by atoms with Gasteiger partial charge in [-0.1, -0.05) is 22.0 Å². The number of halogens is 2. The van der Waals surface area contributed by atoms with Crippen molar-refractivity contribution in [3.05, 3.63) is 28.7 Å². The zero-order chi connectivity index (χ0) is 9.26. The lowest BCUT2D eigenvalue weighted by Gasteiger charge is -2.31. The Hall–Kier alpha value is -0.210. The molecule has 1 aliphatic carbocycles. The first kappa shape index (κ1) is 9.35. The van der Waals surface area contributed by atoms with Gasteiger partial charge in [-0.15, -0.1) is 11.6 Å². The Labute approximate surface area is 91.2 Å². The van der Waals surface area contributed by atoms with E-state index in [9.17, 15) is 0 Å². The second-order valence-corrected chi connectivity index (χ2v) is 4.80. The molecule has 1 nitrogen and oxygen atoms in total. The van der Waals surface area contributed by atoms with Gasteiger partial charge in [0.25, 0.3) is 0 Å². The van der Waals surface area contributed by atoms with Crippen LogP contribution in [0.2, 0.25) is 0 Å². The molecule has 0 aliphatic heterocycles. The van der Waals surface area contributed by atoms with Crippen molar-refractivity contribution < 1.29 is 4.74 Å². The summed E-state index contributed by atoms with van der Waals surface area (Å²) in [5.41, 5.74) is 0. The minimum Gasteiger partial charge on any atom is -0.490 e. The van der Waals surface area contributed by atoms with Crippen LogP contribution < -0.4 is 4.74 Å². The summed E-state index contributed by atoms with van der Waals surface area (Å²) in [6.45, 7) is 0. The van der Waals surface area contributed by atoms with Crippen molar-refractivity contribution in [2.45, 2.75) is 24.3 Å². The average Bonchev–Trinajstić information content (AvgIpc) is 2.01. The quantitative estimate of drug-likeness (QED) is 0.739. The van der Waals surface area contributed by atoms with Gasteiger partial charge in [-0.25, -0.2) is 0 Å². The van der Waals surface area contributed by atoms with E-state index < -0.39 is 0 Å². The van der Waals surface area contributed by atoms with Gasteiger partial charge in [0, 0.05) is 22.7 Å². The van der Waals surface area contributed by atoms with Crippen molar-refractivity contribution >= 4 is 27.5 Å². The van der Waals surface area contributed by atoms with E-state index in [4.69, 9.17) is 16.3 Å². The molecule has 0 atom stereocenters. The molecule has 1 aromatic carbocycles. The maximum atomic E-state index is 5.85. The summed E-state index contributed by atoms with van der Waals surface area (Å²) in [5.74, 6) is 0.919. The molecule has 0 aromatic heterocycles. The van der Waals surface area contributed by atoms with Crippen LogP contribution in [-0.4, -0.2) is 11.5 Å². The minimum atomic E-state index is 0.316. The van der Waals surface area contributed by atoms with Gasteiger partial charge < -0.3 is 4.74 Å². The molecule has 0 saturated heterocycles. The SMILES string of the molecule is ClC1CC(Oc2cccc(Br)c2)C1. The predicted octanol–water partition coefficient (Wildman–Crippen LogP) is 3.60. The molecule has 0 N–H and O–H groups in total. The second-order valence-electron chi connectivity index (χ2n) is 3.27. The molecule has 2 rings (SSSR count). The highest BCUT2D eigenvalue weighted by Crippen LogP contribution is 2.30. The number of hydrogen-bond donors (Lipinski definition) is 0. The van der Waals surface area contributed by atoms with Crippen molar-refractivity contribution in [1.29, 1.82) is 0 Å². The summed E-state index contributed by atoms with van der Waals surface area (Å²) >= 11 is 9.25. The summed E-state index contributed by atoms with van der Waals surface area (Å²) in [5, 5.41) is 0.317. The molecular formula is C10H10BrClO. The fourth-order valence-electron chi connectivity index (χ4n) is 1.33. The van der Waals surface area contributed by atoms with E-state index in [-0.39, 0.29) is 0 Å². The third-order valence-electron chi connectivity index (χ3n) is 2.14. The Morgan fingerprint density at radius 1 is 1.38 bits per heavy atom. The maximum absolute atomic E-state index is 5.85. The number of benzene rings is 1. The van der Waals surface area contributed by atoms with Crippen molar-refractivity contribution in [3.63, 3.8) is 0 Å². The van der Waals surface area contributed by atoms with Crippen LogP contribution in [0.25, 0.3) is 0 Å². The van der Waals surface area contributed by atoms with E-state index in [1.54, 1.807) is 0 Å². The summed E-state index contributed by atoms with van der Waals surface area (Å²) in [7, 11) is 0.